The van der Waals surface area contributed by atoms with E-state index in [1.165, 1.54) is 0 Å². The summed E-state index contributed by atoms with van der Waals surface area (Å²) in [4.78, 5) is 0. The maximum absolute atomic E-state index is 9.83. The molecule has 82 valence electrons. The molecule has 1 heterocycles. The Kier molecular flexibility index (Phi) is 2.87. The van der Waals surface area contributed by atoms with Crippen LogP contribution in [-0.4, -0.2) is 17.8 Å². The van der Waals surface area contributed by atoms with E-state index in [1.807, 2.05) is 6.07 Å². The first kappa shape index (κ1) is 10.7. The van der Waals surface area contributed by atoms with Gasteiger partial charge in [-0.1, -0.05) is 11.6 Å². The van der Waals surface area contributed by atoms with Crippen molar-refractivity contribution in [3.05, 3.63) is 28.3 Å². The summed E-state index contributed by atoms with van der Waals surface area (Å²) in [5.74, 6) is 0.747. The normalized spacial score (nSPS) is 18.1. The minimum Gasteiger partial charge on any atom is -0.491 e. The number of aliphatic hydroxyl groups excluding tert-OH is 1. The fourth-order valence-electron chi connectivity index (χ4n) is 1.76. The van der Waals surface area contributed by atoms with Crippen LogP contribution in [0.1, 0.15) is 24.2 Å². The number of nitrogens with two attached hydrogens (primary N) is 1. The number of rotatable bonds is 2. The van der Waals surface area contributed by atoms with Crippen molar-refractivity contribution in [2.75, 3.05) is 6.61 Å². The van der Waals surface area contributed by atoms with Crippen LogP contribution in [0.2, 0.25) is 5.02 Å². The van der Waals surface area contributed by atoms with E-state index >= 15 is 0 Å². The molecule has 3 nitrogen and oxygen atoms in total. The van der Waals surface area contributed by atoms with Crippen LogP contribution in [0.5, 0.6) is 5.75 Å². The summed E-state index contributed by atoms with van der Waals surface area (Å²) in [6.45, 7) is 2.43. The third-order valence-electron chi connectivity index (χ3n) is 2.60. The predicted octanol–water partition coefficient (Wildman–Crippen LogP) is 1.66. The minimum atomic E-state index is -0.673. The van der Waals surface area contributed by atoms with Crippen LogP contribution in [-0.2, 0) is 6.42 Å². The zero-order chi connectivity index (χ0) is 11.0. The van der Waals surface area contributed by atoms with Crippen LogP contribution < -0.4 is 10.5 Å². The van der Waals surface area contributed by atoms with Gasteiger partial charge in [-0.15, -0.1) is 0 Å². The SMILES string of the molecule is CC(N)C(O)c1cc(Cl)c2c(c1)CCO2. The van der Waals surface area contributed by atoms with Crippen LogP contribution in [0.25, 0.3) is 0 Å². The fourth-order valence-corrected chi connectivity index (χ4v) is 2.06. The van der Waals surface area contributed by atoms with Crippen molar-refractivity contribution in [2.24, 2.45) is 5.73 Å². The van der Waals surface area contributed by atoms with Crippen LogP contribution in [0.3, 0.4) is 0 Å². The van der Waals surface area contributed by atoms with E-state index in [1.54, 1.807) is 13.0 Å². The van der Waals surface area contributed by atoms with Crippen molar-refractivity contribution in [2.45, 2.75) is 25.5 Å². The van der Waals surface area contributed by atoms with Crippen LogP contribution >= 0.6 is 11.6 Å². The Labute approximate surface area is 93.8 Å². The number of fused-ring (bicyclic) bond motifs is 1. The maximum Gasteiger partial charge on any atom is 0.141 e. The van der Waals surface area contributed by atoms with E-state index in [2.05, 4.69) is 0 Å². The first-order valence-corrected chi connectivity index (χ1v) is 5.36. The Balaban J connectivity index is 2.39. The van der Waals surface area contributed by atoms with Gasteiger partial charge in [0.15, 0.2) is 0 Å². The molecular weight excluding hydrogens is 214 g/mol. The molecule has 2 atom stereocenters. The number of benzene rings is 1. The summed E-state index contributed by atoms with van der Waals surface area (Å²) in [6, 6.07) is 3.34. The van der Waals surface area contributed by atoms with Gasteiger partial charge in [0, 0.05) is 12.5 Å². The van der Waals surface area contributed by atoms with Gasteiger partial charge in [0.25, 0.3) is 0 Å². The average Bonchev–Trinajstić information content (AvgIpc) is 2.64. The monoisotopic (exact) mass is 227 g/mol. The quantitative estimate of drug-likeness (QED) is 0.808. The van der Waals surface area contributed by atoms with Crippen LogP contribution in [0.4, 0.5) is 0 Å². The summed E-state index contributed by atoms with van der Waals surface area (Å²) >= 11 is 6.05. The van der Waals surface area contributed by atoms with Gasteiger partial charge >= 0.3 is 0 Å². The first-order chi connectivity index (χ1) is 7.09. The van der Waals surface area contributed by atoms with Gasteiger partial charge in [-0.3, -0.25) is 0 Å². The molecule has 3 N–H and O–H groups in total. The molecule has 15 heavy (non-hydrogen) atoms. The van der Waals surface area contributed by atoms with Crippen molar-refractivity contribution in [3.8, 4) is 5.75 Å². The molecule has 1 aromatic rings. The largest absolute Gasteiger partial charge is 0.491 e. The van der Waals surface area contributed by atoms with Gasteiger partial charge in [0.05, 0.1) is 17.7 Å². The second-order valence-corrected chi connectivity index (χ2v) is 4.30. The number of aliphatic hydroxyl groups is 1. The molecule has 1 aromatic carbocycles. The number of hydrogen-bond donors (Lipinski definition) is 2. The molecule has 1 aliphatic heterocycles. The first-order valence-electron chi connectivity index (χ1n) is 4.98. The molecular formula is C11H14ClNO2. The van der Waals surface area contributed by atoms with E-state index in [9.17, 15) is 5.11 Å². The molecule has 4 heteroatoms. The van der Waals surface area contributed by atoms with Crippen LogP contribution in [0, 0.1) is 0 Å². The van der Waals surface area contributed by atoms with Crippen LogP contribution in [0.15, 0.2) is 12.1 Å². The predicted molar refractivity (Wildman–Crippen MR) is 59.3 cm³/mol. The van der Waals surface area contributed by atoms with Crippen molar-refractivity contribution >= 4 is 11.6 Å². The Morgan fingerprint density at radius 1 is 1.53 bits per heavy atom. The van der Waals surface area contributed by atoms with Gasteiger partial charge in [-0.05, 0) is 30.2 Å². The minimum absolute atomic E-state index is 0.304. The number of ether oxygens (including phenoxy) is 1. The van der Waals surface area contributed by atoms with E-state index in [4.69, 9.17) is 22.1 Å². The lowest BCUT2D eigenvalue weighted by atomic mass is 10.0. The lowest BCUT2D eigenvalue weighted by molar-refractivity contribution is 0.153. The lowest BCUT2D eigenvalue weighted by Crippen LogP contribution is -2.24. The molecule has 0 saturated carbocycles. The molecule has 2 rings (SSSR count). The summed E-state index contributed by atoms with van der Waals surface area (Å²) < 4.78 is 5.38. The summed E-state index contributed by atoms with van der Waals surface area (Å²) in [6.07, 6.45) is 0.169. The van der Waals surface area contributed by atoms with Gasteiger partial charge in [-0.2, -0.15) is 0 Å². The van der Waals surface area contributed by atoms with Crippen molar-refractivity contribution in [1.29, 1.82) is 0 Å². The summed E-state index contributed by atoms with van der Waals surface area (Å²) in [5, 5.41) is 10.4. The zero-order valence-electron chi connectivity index (χ0n) is 8.53. The number of hydrogen-bond acceptors (Lipinski definition) is 3. The summed E-state index contributed by atoms with van der Waals surface area (Å²) in [7, 11) is 0. The van der Waals surface area contributed by atoms with Gasteiger partial charge in [-0.25, -0.2) is 0 Å². The van der Waals surface area contributed by atoms with E-state index in [0.717, 1.165) is 23.3 Å². The van der Waals surface area contributed by atoms with Crippen molar-refractivity contribution < 1.29 is 9.84 Å². The Hall–Kier alpha value is -0.770. The molecule has 0 spiro atoms. The lowest BCUT2D eigenvalue weighted by Gasteiger charge is -2.16. The highest BCUT2D eigenvalue weighted by molar-refractivity contribution is 6.32. The fraction of sp³-hybridized carbons (Fsp3) is 0.455. The molecule has 0 aromatic heterocycles. The second-order valence-electron chi connectivity index (χ2n) is 3.89. The molecule has 0 saturated heterocycles. The molecule has 2 unspecified atom stereocenters. The third-order valence-corrected chi connectivity index (χ3v) is 2.88. The van der Waals surface area contributed by atoms with Gasteiger partial charge in [0.1, 0.15) is 5.75 Å². The van der Waals surface area contributed by atoms with Crippen molar-refractivity contribution in [1.82, 2.24) is 0 Å². The molecule has 0 fully saturated rings. The second kappa shape index (κ2) is 4.00. The van der Waals surface area contributed by atoms with Gasteiger partial charge in [0.2, 0.25) is 0 Å². The maximum atomic E-state index is 9.83. The Morgan fingerprint density at radius 3 is 2.93 bits per heavy atom. The molecule has 1 aliphatic rings. The molecule has 0 aliphatic carbocycles. The third kappa shape index (κ3) is 1.95. The Morgan fingerprint density at radius 2 is 2.27 bits per heavy atom. The zero-order valence-corrected chi connectivity index (χ0v) is 9.29. The smallest absolute Gasteiger partial charge is 0.141 e. The van der Waals surface area contributed by atoms with E-state index in [-0.39, 0.29) is 6.04 Å². The van der Waals surface area contributed by atoms with E-state index < -0.39 is 6.10 Å². The molecule has 0 bridgehead atoms. The van der Waals surface area contributed by atoms with E-state index in [0.29, 0.717) is 11.6 Å². The summed E-state index contributed by atoms with van der Waals surface area (Å²) in [5.41, 5.74) is 7.46. The average molecular weight is 228 g/mol. The highest BCUT2D eigenvalue weighted by atomic mass is 35.5. The Bertz CT molecular complexity index is 379. The highest BCUT2D eigenvalue weighted by Gasteiger charge is 2.20. The molecule has 0 radical (unpaired) electrons. The van der Waals surface area contributed by atoms with Crippen molar-refractivity contribution in [3.63, 3.8) is 0 Å². The standard InChI is InChI=1S/C11H14ClNO2/c1-6(13)10(14)8-4-7-2-3-15-11(7)9(12)5-8/h4-6,10,14H,2-3,13H2,1H3. The highest BCUT2D eigenvalue weighted by Crippen LogP contribution is 2.36. The topological polar surface area (TPSA) is 55.5 Å². The number of halogens is 1. The van der Waals surface area contributed by atoms with Gasteiger partial charge < -0.3 is 15.6 Å². The molecule has 0 amide bonds.